The number of amides is 1. The summed E-state index contributed by atoms with van der Waals surface area (Å²) in [7, 11) is 3.54. The van der Waals surface area contributed by atoms with E-state index in [9.17, 15) is 4.79 Å². The average Bonchev–Trinajstić information content (AvgIpc) is 2.33. The number of likely N-dealkylation sites (tertiary alicyclic amines) is 1. The van der Waals surface area contributed by atoms with Crippen molar-refractivity contribution in [3.63, 3.8) is 0 Å². The zero-order chi connectivity index (χ0) is 11.5. The van der Waals surface area contributed by atoms with E-state index in [0.29, 0.717) is 12.3 Å². The molecule has 1 atom stereocenters. The van der Waals surface area contributed by atoms with Gasteiger partial charge in [0, 0.05) is 25.9 Å². The molecule has 1 saturated heterocycles. The molecule has 1 aliphatic heterocycles. The van der Waals surface area contributed by atoms with Crippen LogP contribution >= 0.6 is 0 Å². The van der Waals surface area contributed by atoms with Crippen molar-refractivity contribution < 1.29 is 9.53 Å². The van der Waals surface area contributed by atoms with Gasteiger partial charge < -0.3 is 9.64 Å². The Balaban J connectivity index is 2.09. The number of methoxy groups -OCH3 is 1. The highest BCUT2D eigenvalue weighted by molar-refractivity contribution is 5.76. The third-order valence-corrected chi connectivity index (χ3v) is 3.21. The molecule has 0 aliphatic carbocycles. The lowest BCUT2D eigenvalue weighted by atomic mass is 9.90. The number of hydrogen-bond donors (Lipinski definition) is 0. The third kappa shape index (κ3) is 2.18. The highest BCUT2D eigenvalue weighted by Crippen LogP contribution is 2.27. The Morgan fingerprint density at radius 2 is 2.00 bits per heavy atom. The molecule has 0 saturated carbocycles. The van der Waals surface area contributed by atoms with Crippen molar-refractivity contribution in [3.8, 4) is 5.75 Å². The van der Waals surface area contributed by atoms with Crippen LogP contribution in [0.25, 0.3) is 0 Å². The molecule has 0 radical (unpaired) electrons. The van der Waals surface area contributed by atoms with E-state index in [1.165, 1.54) is 5.56 Å². The molecule has 1 aromatic rings. The summed E-state index contributed by atoms with van der Waals surface area (Å²) in [5, 5.41) is 0. The summed E-state index contributed by atoms with van der Waals surface area (Å²) >= 11 is 0. The molecule has 1 aliphatic rings. The topological polar surface area (TPSA) is 29.5 Å². The molecule has 1 amide bonds. The van der Waals surface area contributed by atoms with E-state index in [1.807, 2.05) is 24.1 Å². The minimum Gasteiger partial charge on any atom is -0.497 e. The molecule has 0 aromatic heterocycles. The van der Waals surface area contributed by atoms with Gasteiger partial charge in [-0.1, -0.05) is 12.1 Å². The fraction of sp³-hybridized carbons (Fsp3) is 0.462. The van der Waals surface area contributed by atoms with Crippen LogP contribution in [0.4, 0.5) is 0 Å². The number of piperidine rings is 1. The first kappa shape index (κ1) is 11.0. The van der Waals surface area contributed by atoms with Gasteiger partial charge >= 0.3 is 0 Å². The highest BCUT2D eigenvalue weighted by Gasteiger charge is 2.23. The van der Waals surface area contributed by atoms with Gasteiger partial charge in [0.2, 0.25) is 5.91 Å². The van der Waals surface area contributed by atoms with Crippen LogP contribution in [0.2, 0.25) is 0 Å². The minimum absolute atomic E-state index is 0.254. The first-order valence-electron chi connectivity index (χ1n) is 5.58. The predicted molar refractivity (Wildman–Crippen MR) is 62.6 cm³/mol. The first-order chi connectivity index (χ1) is 7.70. The maximum absolute atomic E-state index is 11.4. The van der Waals surface area contributed by atoms with Gasteiger partial charge in [-0.3, -0.25) is 4.79 Å². The van der Waals surface area contributed by atoms with Gasteiger partial charge in [0.15, 0.2) is 0 Å². The number of carbonyl (C=O) groups is 1. The predicted octanol–water partition coefficient (Wildman–Crippen LogP) is 2.03. The fourth-order valence-corrected chi connectivity index (χ4v) is 2.16. The molecule has 16 heavy (non-hydrogen) atoms. The zero-order valence-electron chi connectivity index (χ0n) is 9.77. The lowest BCUT2D eigenvalue weighted by Gasteiger charge is -2.29. The summed E-state index contributed by atoms with van der Waals surface area (Å²) in [4.78, 5) is 13.2. The van der Waals surface area contributed by atoms with E-state index >= 15 is 0 Å². The van der Waals surface area contributed by atoms with Crippen LogP contribution in [0.3, 0.4) is 0 Å². The maximum atomic E-state index is 11.4. The van der Waals surface area contributed by atoms with E-state index in [-0.39, 0.29) is 5.91 Å². The second kappa shape index (κ2) is 4.56. The quantitative estimate of drug-likeness (QED) is 0.761. The van der Waals surface area contributed by atoms with Crippen LogP contribution in [0.5, 0.6) is 5.75 Å². The minimum atomic E-state index is 0.254. The molecule has 1 unspecified atom stereocenters. The summed E-state index contributed by atoms with van der Waals surface area (Å²) < 4.78 is 5.13. The molecule has 0 spiro atoms. The van der Waals surface area contributed by atoms with Crippen LogP contribution in [-0.4, -0.2) is 31.5 Å². The Hall–Kier alpha value is -1.51. The molecule has 0 bridgehead atoms. The van der Waals surface area contributed by atoms with Gasteiger partial charge in [0.05, 0.1) is 7.11 Å². The number of nitrogens with zero attached hydrogens (tertiary/aromatic N) is 1. The summed E-state index contributed by atoms with van der Waals surface area (Å²) in [6.45, 7) is 0.825. The Bertz CT molecular complexity index is 372. The van der Waals surface area contributed by atoms with Crippen molar-refractivity contribution in [1.82, 2.24) is 4.90 Å². The number of carbonyl (C=O) groups excluding carboxylic acids is 1. The van der Waals surface area contributed by atoms with Gasteiger partial charge in [-0.15, -0.1) is 0 Å². The van der Waals surface area contributed by atoms with Gasteiger partial charge in [0.25, 0.3) is 0 Å². The molecule has 2 rings (SSSR count). The first-order valence-corrected chi connectivity index (χ1v) is 5.58. The van der Waals surface area contributed by atoms with E-state index in [2.05, 4.69) is 12.1 Å². The largest absolute Gasteiger partial charge is 0.497 e. The Kier molecular flexibility index (Phi) is 3.13. The summed E-state index contributed by atoms with van der Waals surface area (Å²) in [5.41, 5.74) is 1.29. The number of benzene rings is 1. The lowest BCUT2D eigenvalue weighted by molar-refractivity contribution is -0.132. The van der Waals surface area contributed by atoms with Crippen LogP contribution < -0.4 is 4.74 Å². The van der Waals surface area contributed by atoms with Gasteiger partial charge in [-0.2, -0.15) is 0 Å². The highest BCUT2D eigenvalue weighted by atomic mass is 16.5. The SMILES string of the molecule is COc1ccc(C2CCC(=O)N(C)C2)cc1. The van der Waals surface area contributed by atoms with Crippen molar-refractivity contribution >= 4 is 5.91 Å². The zero-order valence-corrected chi connectivity index (χ0v) is 9.77. The molecule has 1 aromatic carbocycles. The number of likely N-dealkylation sites (N-methyl/N-ethyl adjacent to an activating group) is 1. The van der Waals surface area contributed by atoms with Gasteiger partial charge in [-0.05, 0) is 24.1 Å². The molecule has 1 fully saturated rings. The van der Waals surface area contributed by atoms with Crippen molar-refractivity contribution in [2.75, 3.05) is 20.7 Å². The monoisotopic (exact) mass is 219 g/mol. The van der Waals surface area contributed by atoms with E-state index < -0.39 is 0 Å². The van der Waals surface area contributed by atoms with Crippen LogP contribution in [0.1, 0.15) is 24.3 Å². The fourth-order valence-electron chi connectivity index (χ4n) is 2.16. The van der Waals surface area contributed by atoms with Crippen molar-refractivity contribution in [3.05, 3.63) is 29.8 Å². The third-order valence-electron chi connectivity index (χ3n) is 3.21. The Morgan fingerprint density at radius 1 is 1.31 bits per heavy atom. The molecule has 86 valence electrons. The lowest BCUT2D eigenvalue weighted by Crippen LogP contribution is -2.35. The van der Waals surface area contributed by atoms with Gasteiger partial charge in [-0.25, -0.2) is 0 Å². The normalized spacial score (nSPS) is 21.0. The second-order valence-corrected chi connectivity index (χ2v) is 4.28. The van der Waals surface area contributed by atoms with E-state index in [1.54, 1.807) is 7.11 Å². The van der Waals surface area contributed by atoms with Crippen LogP contribution in [-0.2, 0) is 4.79 Å². The molecule has 0 N–H and O–H groups in total. The van der Waals surface area contributed by atoms with E-state index in [0.717, 1.165) is 18.7 Å². The summed E-state index contributed by atoms with van der Waals surface area (Å²) in [6.07, 6.45) is 1.61. The van der Waals surface area contributed by atoms with Crippen LogP contribution in [0, 0.1) is 0 Å². The second-order valence-electron chi connectivity index (χ2n) is 4.28. The van der Waals surface area contributed by atoms with Gasteiger partial charge in [0.1, 0.15) is 5.75 Å². The molecular formula is C13H17NO2. The molecular weight excluding hydrogens is 202 g/mol. The van der Waals surface area contributed by atoms with Crippen molar-refractivity contribution in [2.24, 2.45) is 0 Å². The summed E-state index contributed by atoms with van der Waals surface area (Å²) in [5.74, 6) is 1.60. The smallest absolute Gasteiger partial charge is 0.222 e. The Morgan fingerprint density at radius 3 is 2.56 bits per heavy atom. The standard InChI is InChI=1S/C13H17NO2/c1-14-9-11(5-8-13(14)15)10-3-6-12(16-2)7-4-10/h3-4,6-7,11H,5,8-9H2,1-2H3. The Labute approximate surface area is 96.0 Å². The van der Waals surface area contributed by atoms with Crippen LogP contribution in [0.15, 0.2) is 24.3 Å². The van der Waals surface area contributed by atoms with E-state index in [4.69, 9.17) is 4.74 Å². The average molecular weight is 219 g/mol. The maximum Gasteiger partial charge on any atom is 0.222 e. The molecule has 3 nitrogen and oxygen atoms in total. The van der Waals surface area contributed by atoms with Crippen molar-refractivity contribution in [2.45, 2.75) is 18.8 Å². The van der Waals surface area contributed by atoms with Crippen molar-refractivity contribution in [1.29, 1.82) is 0 Å². The molecule has 1 heterocycles. The number of hydrogen-bond acceptors (Lipinski definition) is 2. The number of ether oxygens (including phenoxy) is 1. The number of rotatable bonds is 2. The molecule has 3 heteroatoms. The summed E-state index contributed by atoms with van der Waals surface area (Å²) in [6, 6.07) is 8.14.